The smallest absolute Gasteiger partial charge is 0.319 e. The Morgan fingerprint density at radius 2 is 1.65 bits per heavy atom. The highest BCUT2D eigenvalue weighted by Gasteiger charge is 2.03. The fourth-order valence-corrected chi connectivity index (χ4v) is 1.90. The summed E-state index contributed by atoms with van der Waals surface area (Å²) in [4.78, 5) is 22.8. The van der Waals surface area contributed by atoms with Crippen LogP contribution in [0.5, 0.6) is 5.75 Å². The molecule has 0 heterocycles. The summed E-state index contributed by atoms with van der Waals surface area (Å²) >= 11 is 0. The summed E-state index contributed by atoms with van der Waals surface area (Å²) in [5, 5.41) is 8.05. The molecule has 2 rings (SSSR count). The highest BCUT2D eigenvalue weighted by molar-refractivity contribution is 5.92. The molecule has 0 saturated heterocycles. The van der Waals surface area contributed by atoms with Crippen LogP contribution in [0.4, 0.5) is 16.2 Å². The topological polar surface area (TPSA) is 79.5 Å². The quantitative estimate of drug-likeness (QED) is 0.717. The van der Waals surface area contributed by atoms with Gasteiger partial charge < -0.3 is 20.7 Å². The molecule has 3 N–H and O–H groups in total. The van der Waals surface area contributed by atoms with Crippen LogP contribution >= 0.6 is 0 Å². The molecule has 0 unspecified atom stereocenters. The van der Waals surface area contributed by atoms with E-state index < -0.39 is 0 Å². The maximum Gasteiger partial charge on any atom is 0.319 e. The number of ether oxygens (including phenoxy) is 1. The van der Waals surface area contributed by atoms with Gasteiger partial charge in [-0.3, -0.25) is 4.79 Å². The second-order valence-electron chi connectivity index (χ2n) is 4.80. The van der Waals surface area contributed by atoms with Crippen molar-refractivity contribution in [3.05, 3.63) is 54.6 Å². The second-order valence-corrected chi connectivity index (χ2v) is 4.80. The van der Waals surface area contributed by atoms with Crippen molar-refractivity contribution in [2.75, 3.05) is 23.8 Å². The van der Waals surface area contributed by atoms with Gasteiger partial charge >= 0.3 is 6.03 Å². The van der Waals surface area contributed by atoms with Gasteiger partial charge in [0.2, 0.25) is 5.91 Å². The average molecular weight is 313 g/mol. The monoisotopic (exact) mass is 313 g/mol. The molecular formula is C17H19N3O3. The zero-order valence-electron chi connectivity index (χ0n) is 12.8. The van der Waals surface area contributed by atoms with E-state index in [0.29, 0.717) is 24.5 Å². The van der Waals surface area contributed by atoms with Crippen molar-refractivity contribution < 1.29 is 14.3 Å². The number of nitrogens with one attached hydrogen (secondary N) is 3. The van der Waals surface area contributed by atoms with Crippen LogP contribution in [0.15, 0.2) is 54.6 Å². The van der Waals surface area contributed by atoms with E-state index in [1.165, 1.54) is 6.92 Å². The Bertz CT molecular complexity index is 659. The van der Waals surface area contributed by atoms with Crippen LogP contribution in [0.1, 0.15) is 6.92 Å². The highest BCUT2D eigenvalue weighted by Crippen LogP contribution is 2.14. The Morgan fingerprint density at radius 3 is 2.35 bits per heavy atom. The molecule has 0 atom stereocenters. The maximum absolute atomic E-state index is 11.8. The summed E-state index contributed by atoms with van der Waals surface area (Å²) in [5.41, 5.74) is 1.22. The molecule has 0 bridgehead atoms. The number of anilines is 2. The minimum Gasteiger partial charge on any atom is -0.492 e. The van der Waals surface area contributed by atoms with Crippen molar-refractivity contribution in [2.24, 2.45) is 0 Å². The molecule has 6 heteroatoms. The molecule has 6 nitrogen and oxygen atoms in total. The Hall–Kier alpha value is -3.02. The molecule has 0 saturated carbocycles. The maximum atomic E-state index is 11.8. The summed E-state index contributed by atoms with van der Waals surface area (Å²) in [6.45, 7) is 2.19. The Morgan fingerprint density at radius 1 is 0.957 bits per heavy atom. The van der Waals surface area contributed by atoms with Crippen molar-refractivity contribution in [3.8, 4) is 5.75 Å². The number of para-hydroxylation sites is 1. The van der Waals surface area contributed by atoms with Gasteiger partial charge in [0.1, 0.15) is 12.4 Å². The average Bonchev–Trinajstić information content (AvgIpc) is 2.52. The molecule has 0 fully saturated rings. The molecule has 23 heavy (non-hydrogen) atoms. The van der Waals surface area contributed by atoms with Crippen molar-refractivity contribution >= 4 is 23.3 Å². The van der Waals surface area contributed by atoms with E-state index in [9.17, 15) is 9.59 Å². The summed E-state index contributed by atoms with van der Waals surface area (Å²) in [7, 11) is 0. The highest BCUT2D eigenvalue weighted by atomic mass is 16.5. The molecule has 2 aromatic rings. The molecule has 0 aliphatic heterocycles. The van der Waals surface area contributed by atoms with Gasteiger partial charge in [-0.25, -0.2) is 4.79 Å². The van der Waals surface area contributed by atoms with E-state index in [0.717, 1.165) is 5.75 Å². The zero-order valence-corrected chi connectivity index (χ0v) is 12.8. The Kier molecular flexibility index (Phi) is 5.99. The van der Waals surface area contributed by atoms with Crippen LogP contribution in [0.3, 0.4) is 0 Å². The predicted octanol–water partition coefficient (Wildman–Crippen LogP) is 2.85. The van der Waals surface area contributed by atoms with Gasteiger partial charge in [0.05, 0.1) is 6.54 Å². The largest absolute Gasteiger partial charge is 0.492 e. The molecule has 120 valence electrons. The van der Waals surface area contributed by atoms with Crippen LogP contribution in [-0.2, 0) is 4.79 Å². The van der Waals surface area contributed by atoms with Crippen molar-refractivity contribution in [1.82, 2.24) is 5.32 Å². The summed E-state index contributed by atoms with van der Waals surface area (Å²) in [6, 6.07) is 16.0. The number of amides is 3. The first-order valence-corrected chi connectivity index (χ1v) is 7.24. The number of urea groups is 1. The lowest BCUT2D eigenvalue weighted by molar-refractivity contribution is -0.114. The van der Waals surface area contributed by atoms with E-state index in [-0.39, 0.29) is 11.9 Å². The summed E-state index contributed by atoms with van der Waals surface area (Å²) in [5.74, 6) is 0.599. The van der Waals surface area contributed by atoms with E-state index in [1.54, 1.807) is 24.3 Å². The predicted molar refractivity (Wildman–Crippen MR) is 89.7 cm³/mol. The second kappa shape index (κ2) is 8.43. The third-order valence-electron chi connectivity index (χ3n) is 2.84. The molecule has 0 spiro atoms. The number of carbonyl (C=O) groups excluding carboxylic acids is 2. The summed E-state index contributed by atoms with van der Waals surface area (Å²) < 4.78 is 5.48. The SMILES string of the molecule is CC(=O)Nc1cccc(NC(=O)NCCOc2ccccc2)c1. The van der Waals surface area contributed by atoms with Crippen LogP contribution in [0.2, 0.25) is 0 Å². The lowest BCUT2D eigenvalue weighted by Crippen LogP contribution is -2.32. The minimum absolute atomic E-state index is 0.162. The fraction of sp³-hybridized carbons (Fsp3) is 0.176. The first-order valence-electron chi connectivity index (χ1n) is 7.24. The van der Waals surface area contributed by atoms with Crippen molar-refractivity contribution in [2.45, 2.75) is 6.92 Å². The number of rotatable bonds is 6. The molecular weight excluding hydrogens is 294 g/mol. The molecule has 0 aliphatic carbocycles. The van der Waals surface area contributed by atoms with E-state index >= 15 is 0 Å². The lowest BCUT2D eigenvalue weighted by atomic mass is 10.3. The molecule has 3 amide bonds. The van der Waals surface area contributed by atoms with Crippen molar-refractivity contribution in [3.63, 3.8) is 0 Å². The van der Waals surface area contributed by atoms with Gasteiger partial charge in [0.15, 0.2) is 0 Å². The van der Waals surface area contributed by atoms with Crippen LogP contribution in [0, 0.1) is 0 Å². The van der Waals surface area contributed by atoms with Crippen LogP contribution < -0.4 is 20.7 Å². The van der Waals surface area contributed by atoms with Gasteiger partial charge in [-0.2, -0.15) is 0 Å². The van der Waals surface area contributed by atoms with E-state index in [2.05, 4.69) is 16.0 Å². The van der Waals surface area contributed by atoms with E-state index in [4.69, 9.17) is 4.74 Å². The van der Waals surface area contributed by atoms with Crippen LogP contribution in [0.25, 0.3) is 0 Å². The molecule has 2 aromatic carbocycles. The molecule has 0 radical (unpaired) electrons. The standard InChI is InChI=1S/C17H19N3O3/c1-13(21)19-14-6-5-7-15(12-14)20-17(22)18-10-11-23-16-8-3-2-4-9-16/h2-9,12H,10-11H2,1H3,(H,19,21)(H2,18,20,22). The van der Waals surface area contributed by atoms with E-state index in [1.807, 2.05) is 30.3 Å². The summed E-state index contributed by atoms with van der Waals surface area (Å²) in [6.07, 6.45) is 0. The van der Waals surface area contributed by atoms with Crippen LogP contribution in [-0.4, -0.2) is 25.1 Å². The Labute approximate surface area is 134 Å². The van der Waals surface area contributed by atoms with Crippen molar-refractivity contribution in [1.29, 1.82) is 0 Å². The number of hydrogen-bond acceptors (Lipinski definition) is 3. The zero-order chi connectivity index (χ0) is 16.5. The van der Waals surface area contributed by atoms with Gasteiger partial charge in [-0.05, 0) is 30.3 Å². The first kappa shape index (κ1) is 16.4. The third-order valence-corrected chi connectivity index (χ3v) is 2.84. The van der Waals surface area contributed by atoms with Gasteiger partial charge in [-0.1, -0.05) is 24.3 Å². The van der Waals surface area contributed by atoms with Gasteiger partial charge in [0.25, 0.3) is 0 Å². The number of hydrogen-bond donors (Lipinski definition) is 3. The molecule has 0 aromatic heterocycles. The van der Waals surface area contributed by atoms with Gasteiger partial charge in [0, 0.05) is 18.3 Å². The number of benzene rings is 2. The Balaban J connectivity index is 1.73. The fourth-order valence-electron chi connectivity index (χ4n) is 1.90. The third kappa shape index (κ3) is 6.09. The lowest BCUT2D eigenvalue weighted by Gasteiger charge is -2.10. The normalized spacial score (nSPS) is 9.78. The molecule has 0 aliphatic rings. The van der Waals surface area contributed by atoms with Gasteiger partial charge in [-0.15, -0.1) is 0 Å². The minimum atomic E-state index is -0.332. The first-order chi connectivity index (χ1) is 11.1. The number of carbonyl (C=O) groups is 2.